The van der Waals surface area contributed by atoms with E-state index in [4.69, 9.17) is 12.3 Å². The minimum atomic E-state index is -2.56. The van der Waals surface area contributed by atoms with E-state index in [1.54, 1.807) is 17.8 Å². The molecule has 0 spiro atoms. The van der Waals surface area contributed by atoms with E-state index in [0.29, 0.717) is 35.2 Å². The van der Waals surface area contributed by atoms with Crippen LogP contribution in [0.3, 0.4) is 0 Å². The number of rotatable bonds is 2. The van der Waals surface area contributed by atoms with E-state index in [1.807, 2.05) is 25.1 Å². The number of fused-ring (bicyclic) bond motifs is 3. The Morgan fingerprint density at radius 1 is 1.03 bits per heavy atom. The molecule has 5 rings (SSSR count). The zero-order chi connectivity index (χ0) is 28.7. The maximum atomic E-state index is 9.18. The quantitative estimate of drug-likeness (QED) is 0.380. The van der Waals surface area contributed by atoms with Crippen LogP contribution in [-0.4, -0.2) is 4.98 Å². The van der Waals surface area contributed by atoms with E-state index in [-0.39, 0.29) is 23.2 Å². The van der Waals surface area contributed by atoms with Gasteiger partial charge in [0.05, 0.1) is 11.3 Å². The highest BCUT2D eigenvalue weighted by Gasteiger charge is 2.30. The number of benzene rings is 1. The third kappa shape index (κ3) is 2.92. The van der Waals surface area contributed by atoms with E-state index in [9.17, 15) is 1.37 Å². The summed E-state index contributed by atoms with van der Waals surface area (Å²) in [4.78, 5) is 4.41. The Bertz CT molecular complexity index is 1480. The highest BCUT2D eigenvalue weighted by Crippen LogP contribution is 2.44. The average molecular weight is 394 g/mol. The summed E-state index contributed by atoms with van der Waals surface area (Å²) in [6.07, 6.45) is 4.76. The van der Waals surface area contributed by atoms with Gasteiger partial charge >= 0.3 is 0 Å². The highest BCUT2D eigenvalue weighted by atomic mass is 14.9. The first-order valence-electron chi connectivity index (χ1n) is 15.1. The summed E-state index contributed by atoms with van der Waals surface area (Å²) in [7, 11) is 1.78. The number of pyridine rings is 2. The van der Waals surface area contributed by atoms with Gasteiger partial charge in [0.15, 0.2) is 6.20 Å². The maximum absolute atomic E-state index is 9.18. The normalized spacial score (nSPS) is 23.1. The van der Waals surface area contributed by atoms with Gasteiger partial charge in [0.25, 0.3) is 0 Å². The van der Waals surface area contributed by atoms with Crippen molar-refractivity contribution in [3.63, 3.8) is 0 Å². The van der Waals surface area contributed by atoms with Crippen molar-refractivity contribution in [2.75, 3.05) is 0 Å². The van der Waals surface area contributed by atoms with Crippen molar-refractivity contribution in [2.24, 2.45) is 7.05 Å². The lowest BCUT2D eigenvalue weighted by molar-refractivity contribution is -0.660. The van der Waals surface area contributed by atoms with Gasteiger partial charge in [-0.3, -0.25) is 4.98 Å². The van der Waals surface area contributed by atoms with E-state index < -0.39 is 26.4 Å². The molecule has 1 aromatic carbocycles. The fourth-order valence-corrected chi connectivity index (χ4v) is 4.99. The summed E-state index contributed by atoms with van der Waals surface area (Å²) in [5.74, 6) is -0.994. The zero-order valence-electron chi connectivity index (χ0n) is 26.8. The van der Waals surface area contributed by atoms with Crippen molar-refractivity contribution in [3.8, 4) is 22.4 Å². The molecule has 0 amide bonds. The Morgan fingerprint density at radius 3 is 2.62 bits per heavy atom. The average Bonchev–Trinajstić information content (AvgIpc) is 3.41. The van der Waals surface area contributed by atoms with Crippen molar-refractivity contribution in [2.45, 2.75) is 65.5 Å². The van der Waals surface area contributed by atoms with E-state index in [1.165, 1.54) is 6.07 Å². The van der Waals surface area contributed by atoms with Gasteiger partial charge in [0, 0.05) is 43.0 Å². The van der Waals surface area contributed by atoms with Crippen LogP contribution >= 0.6 is 0 Å². The first-order valence-corrected chi connectivity index (χ1v) is 10.1. The Morgan fingerprint density at radius 2 is 1.86 bits per heavy atom. The fraction of sp³-hybridized carbons (Fsp3) is 0.407. The largest absolute Gasteiger partial charge is 0.257 e. The molecule has 2 aromatic heterocycles. The van der Waals surface area contributed by atoms with Gasteiger partial charge in [-0.15, -0.1) is 0 Å². The molecule has 2 heteroatoms. The highest BCUT2D eigenvalue weighted by molar-refractivity contribution is 5.85. The van der Waals surface area contributed by atoms with Gasteiger partial charge in [-0.25, -0.2) is 4.57 Å². The van der Waals surface area contributed by atoms with Gasteiger partial charge in [-0.05, 0) is 80.1 Å². The molecule has 148 valence electrons. The van der Waals surface area contributed by atoms with Crippen molar-refractivity contribution >= 4 is 0 Å². The molecular weight excluding hydrogens is 352 g/mol. The topological polar surface area (TPSA) is 16.8 Å². The van der Waals surface area contributed by atoms with Gasteiger partial charge < -0.3 is 0 Å². The minimum absolute atomic E-state index is 0.0361. The predicted molar refractivity (Wildman–Crippen MR) is 119 cm³/mol. The molecule has 0 aliphatic heterocycles. The van der Waals surface area contributed by atoms with Gasteiger partial charge in [0.1, 0.15) is 7.05 Å². The molecule has 0 N–H and O–H groups in total. The van der Waals surface area contributed by atoms with Crippen molar-refractivity contribution < 1.29 is 18.3 Å². The summed E-state index contributed by atoms with van der Waals surface area (Å²) in [5, 5.41) is 0. The van der Waals surface area contributed by atoms with Crippen molar-refractivity contribution in [1.82, 2.24) is 4.98 Å². The first kappa shape index (κ1) is 10.5. The number of nitrogens with zero attached hydrogens (tertiary/aromatic N) is 2. The fourth-order valence-electron chi connectivity index (χ4n) is 4.99. The monoisotopic (exact) mass is 393 g/mol. The Hall–Kier alpha value is -2.48. The molecule has 1 fully saturated rings. The Kier molecular flexibility index (Phi) is 2.46. The lowest BCUT2D eigenvalue weighted by Gasteiger charge is -2.16. The molecule has 0 unspecified atom stereocenters. The summed E-state index contributed by atoms with van der Waals surface area (Å²) in [6, 6.07) is 6.76. The van der Waals surface area contributed by atoms with Crippen molar-refractivity contribution in [3.05, 3.63) is 69.7 Å². The maximum Gasteiger partial charge on any atom is 0.213 e. The summed E-state index contributed by atoms with van der Waals surface area (Å²) in [6.45, 7) is -5.54. The first-order chi connectivity index (χ1) is 17.9. The molecule has 1 saturated carbocycles. The molecule has 3 aromatic rings. The summed E-state index contributed by atoms with van der Waals surface area (Å²) in [5.41, 5.74) is 5.20. The number of aryl methyl sites for hydroxylation is 5. The van der Waals surface area contributed by atoms with Crippen LogP contribution in [0.5, 0.6) is 0 Å². The Balaban J connectivity index is 1.78. The molecule has 2 heterocycles. The molecule has 0 radical (unpaired) electrons. The molecule has 2 aliphatic rings. The van der Waals surface area contributed by atoms with Gasteiger partial charge in [-0.2, -0.15) is 0 Å². The van der Waals surface area contributed by atoms with Crippen LogP contribution in [0.2, 0.25) is 0 Å². The second-order valence-corrected chi connectivity index (χ2v) is 8.24. The molecular formula is C27H31N2+. The lowest BCUT2D eigenvalue weighted by Crippen LogP contribution is -2.32. The van der Waals surface area contributed by atoms with E-state index in [0.717, 1.165) is 35.2 Å². The zero-order valence-corrected chi connectivity index (χ0v) is 16.8. The van der Waals surface area contributed by atoms with Crippen LogP contribution in [0, 0.1) is 27.5 Å². The smallest absolute Gasteiger partial charge is 0.213 e. The molecule has 0 atom stereocenters. The van der Waals surface area contributed by atoms with Crippen LogP contribution in [0.4, 0.5) is 0 Å². The summed E-state index contributed by atoms with van der Waals surface area (Å²) >= 11 is 0. The number of hydrogen-bond acceptors (Lipinski definition) is 1. The molecule has 0 bridgehead atoms. The minimum Gasteiger partial charge on any atom is -0.257 e. The molecule has 0 saturated heterocycles. The van der Waals surface area contributed by atoms with Gasteiger partial charge in [-0.1, -0.05) is 25.0 Å². The second kappa shape index (κ2) is 6.79. The third-order valence-corrected chi connectivity index (χ3v) is 6.35. The number of hydrogen-bond donors (Lipinski definition) is 0. The Labute approximate surface area is 188 Å². The SMILES string of the molecule is [2H]C([2H])([2H])c1cc(C([2H])([2H])[2H])c2c(n1)Cc1c-2ccc(C)c1-c1cc(C2([2H])CCCC2)c(C([2H])([2H])[2H])c[n+]1C. The van der Waals surface area contributed by atoms with Crippen LogP contribution in [0.1, 0.15) is 84.5 Å². The van der Waals surface area contributed by atoms with Crippen LogP contribution in [-0.2, 0) is 13.5 Å². The second-order valence-electron chi connectivity index (χ2n) is 8.24. The third-order valence-electron chi connectivity index (χ3n) is 6.35. The van der Waals surface area contributed by atoms with Crippen LogP contribution in [0.25, 0.3) is 22.4 Å². The number of aromatic nitrogens is 2. The van der Waals surface area contributed by atoms with Crippen molar-refractivity contribution in [1.29, 1.82) is 0 Å². The summed E-state index contributed by atoms with van der Waals surface area (Å²) < 4.78 is 83.5. The molecule has 29 heavy (non-hydrogen) atoms. The molecule has 2 nitrogen and oxygen atoms in total. The van der Waals surface area contributed by atoms with E-state index >= 15 is 0 Å². The van der Waals surface area contributed by atoms with Crippen LogP contribution in [0.15, 0.2) is 30.5 Å². The predicted octanol–water partition coefficient (Wildman–Crippen LogP) is 6.04. The lowest BCUT2D eigenvalue weighted by atomic mass is 9.89. The van der Waals surface area contributed by atoms with Gasteiger partial charge in [0.2, 0.25) is 5.69 Å². The van der Waals surface area contributed by atoms with Crippen LogP contribution < -0.4 is 4.57 Å². The van der Waals surface area contributed by atoms with E-state index in [2.05, 4.69) is 4.98 Å². The standard InChI is InChI=1S/C27H31N2/c1-16-10-11-21-23(13-24-26(21)17(2)12-19(4)28-24)27(16)25-14-22(18(3)15-29(25)5)20-8-6-7-9-20/h10-12,14-15,20H,6-9,13H2,1-5H3/q+1/i2D3,3D3,4D3,20D. The molecule has 2 aliphatic carbocycles.